The van der Waals surface area contributed by atoms with E-state index in [1.54, 1.807) is 0 Å². The average Bonchev–Trinajstić information content (AvgIpc) is 2.65. The number of nitriles is 1. The van der Waals surface area contributed by atoms with Gasteiger partial charge in [0.2, 0.25) is 5.91 Å². The second-order valence-corrected chi connectivity index (χ2v) is 6.73. The van der Waals surface area contributed by atoms with E-state index in [2.05, 4.69) is 11.0 Å². The second-order valence-electron chi connectivity index (χ2n) is 6.73. The van der Waals surface area contributed by atoms with E-state index in [1.165, 1.54) is 5.56 Å². The minimum Gasteiger partial charge on any atom is -0.378 e. The minimum absolute atomic E-state index is 0.295. The van der Waals surface area contributed by atoms with E-state index < -0.39 is 0 Å². The summed E-state index contributed by atoms with van der Waals surface area (Å²) in [6.07, 6.45) is 2.86. The van der Waals surface area contributed by atoms with Crippen LogP contribution < -0.4 is 0 Å². The summed E-state index contributed by atoms with van der Waals surface area (Å²) in [5.41, 5.74) is 1.95. The van der Waals surface area contributed by atoms with Crippen LogP contribution in [0.4, 0.5) is 0 Å². The van der Waals surface area contributed by atoms with Gasteiger partial charge < -0.3 is 9.64 Å². The predicted octanol–water partition coefficient (Wildman–Crippen LogP) is 2.02. The Kier molecular flexibility index (Phi) is 5.84. The first-order valence-electron chi connectivity index (χ1n) is 8.81. The molecule has 0 unspecified atom stereocenters. The maximum absolute atomic E-state index is 12.3. The van der Waals surface area contributed by atoms with E-state index in [4.69, 9.17) is 10.00 Å². The number of rotatable bonds is 4. The molecule has 0 bridgehead atoms. The smallest absolute Gasteiger partial charge is 0.223 e. The van der Waals surface area contributed by atoms with Crippen molar-refractivity contribution in [3.63, 3.8) is 0 Å². The molecule has 0 aliphatic carbocycles. The highest BCUT2D eigenvalue weighted by Crippen LogP contribution is 2.23. The van der Waals surface area contributed by atoms with Crippen LogP contribution in [0.5, 0.6) is 0 Å². The number of hydrogen-bond donors (Lipinski definition) is 0. The van der Waals surface area contributed by atoms with Crippen LogP contribution in [0, 0.1) is 17.2 Å². The van der Waals surface area contributed by atoms with Crippen molar-refractivity contribution in [2.24, 2.45) is 5.92 Å². The molecule has 5 heteroatoms. The third-order valence-corrected chi connectivity index (χ3v) is 5.02. The first kappa shape index (κ1) is 16.9. The summed E-state index contributed by atoms with van der Waals surface area (Å²) in [4.78, 5) is 16.7. The molecule has 2 fully saturated rings. The van der Waals surface area contributed by atoms with Gasteiger partial charge >= 0.3 is 0 Å². The Labute approximate surface area is 143 Å². The van der Waals surface area contributed by atoms with Crippen LogP contribution in [-0.2, 0) is 16.1 Å². The van der Waals surface area contributed by atoms with Crippen molar-refractivity contribution in [3.8, 4) is 6.07 Å². The molecule has 0 atom stereocenters. The van der Waals surface area contributed by atoms with E-state index in [9.17, 15) is 4.79 Å². The van der Waals surface area contributed by atoms with Gasteiger partial charge in [-0.1, -0.05) is 12.1 Å². The van der Waals surface area contributed by atoms with E-state index in [0.717, 1.165) is 45.6 Å². The number of carbonyl (C=O) groups is 1. The van der Waals surface area contributed by atoms with Gasteiger partial charge in [0.1, 0.15) is 0 Å². The summed E-state index contributed by atoms with van der Waals surface area (Å²) in [7, 11) is 0. The lowest BCUT2D eigenvalue weighted by Crippen LogP contribution is -2.42. The third-order valence-electron chi connectivity index (χ3n) is 5.02. The van der Waals surface area contributed by atoms with Gasteiger partial charge in [0.05, 0.1) is 24.8 Å². The zero-order valence-electron chi connectivity index (χ0n) is 14.1. The molecule has 0 N–H and O–H groups in total. The number of nitrogens with zero attached hydrogens (tertiary/aromatic N) is 3. The fourth-order valence-corrected chi connectivity index (χ4v) is 3.48. The van der Waals surface area contributed by atoms with Crippen LogP contribution in [0.1, 0.15) is 30.4 Å². The lowest BCUT2D eigenvalue weighted by atomic mass is 9.92. The lowest BCUT2D eigenvalue weighted by Gasteiger charge is -2.33. The van der Waals surface area contributed by atoms with Crippen molar-refractivity contribution in [1.29, 1.82) is 5.26 Å². The highest BCUT2D eigenvalue weighted by molar-refractivity contribution is 5.76. The Bertz CT molecular complexity index is 580. The maximum Gasteiger partial charge on any atom is 0.223 e. The van der Waals surface area contributed by atoms with Gasteiger partial charge in [-0.05, 0) is 49.5 Å². The molecular formula is C19H25N3O2. The summed E-state index contributed by atoms with van der Waals surface area (Å²) >= 11 is 0. The Balaban J connectivity index is 1.42. The Hall–Kier alpha value is -1.90. The van der Waals surface area contributed by atoms with E-state index in [1.807, 2.05) is 29.2 Å². The van der Waals surface area contributed by atoms with Crippen LogP contribution in [-0.4, -0.2) is 55.1 Å². The minimum atomic E-state index is 0.295. The predicted molar refractivity (Wildman–Crippen MR) is 91.2 cm³/mol. The molecule has 24 heavy (non-hydrogen) atoms. The normalized spacial score (nSPS) is 19.9. The van der Waals surface area contributed by atoms with Gasteiger partial charge in [0.15, 0.2) is 0 Å². The fraction of sp³-hybridized carbons (Fsp3) is 0.579. The largest absolute Gasteiger partial charge is 0.378 e. The van der Waals surface area contributed by atoms with Crippen molar-refractivity contribution in [2.75, 3.05) is 39.4 Å². The number of piperidine rings is 1. The topological polar surface area (TPSA) is 56.6 Å². The highest BCUT2D eigenvalue weighted by Gasteiger charge is 2.24. The molecule has 1 aromatic rings. The number of morpholine rings is 1. The first-order chi connectivity index (χ1) is 11.7. The van der Waals surface area contributed by atoms with Crippen LogP contribution in [0.25, 0.3) is 0 Å². The molecule has 0 aromatic heterocycles. The van der Waals surface area contributed by atoms with Gasteiger partial charge in [0.25, 0.3) is 0 Å². The van der Waals surface area contributed by atoms with Crippen LogP contribution in [0.3, 0.4) is 0 Å². The lowest BCUT2D eigenvalue weighted by molar-refractivity contribution is -0.136. The standard InChI is InChI=1S/C19H25N3O2/c20-14-17-1-3-18(4-2-17)15-21-7-5-16(6-8-21)13-19(23)22-9-11-24-12-10-22/h1-4,16H,5-13,15H2. The van der Waals surface area contributed by atoms with Gasteiger partial charge in [-0.2, -0.15) is 5.26 Å². The Morgan fingerprint density at radius 3 is 2.42 bits per heavy atom. The molecule has 0 radical (unpaired) electrons. The Morgan fingerprint density at radius 1 is 1.12 bits per heavy atom. The molecular weight excluding hydrogens is 302 g/mol. The van der Waals surface area contributed by atoms with Crippen molar-refractivity contribution in [1.82, 2.24) is 9.80 Å². The van der Waals surface area contributed by atoms with Gasteiger partial charge in [-0.25, -0.2) is 0 Å². The average molecular weight is 327 g/mol. The molecule has 1 aromatic carbocycles. The molecule has 2 aliphatic heterocycles. The van der Waals surface area contributed by atoms with Crippen LogP contribution in [0.15, 0.2) is 24.3 Å². The van der Waals surface area contributed by atoms with E-state index in [-0.39, 0.29) is 0 Å². The maximum atomic E-state index is 12.3. The quantitative estimate of drug-likeness (QED) is 0.849. The molecule has 0 spiro atoms. The van der Waals surface area contributed by atoms with Crippen molar-refractivity contribution in [2.45, 2.75) is 25.8 Å². The fourth-order valence-electron chi connectivity index (χ4n) is 3.48. The third kappa shape index (κ3) is 4.56. The van der Waals surface area contributed by atoms with E-state index >= 15 is 0 Å². The molecule has 3 rings (SSSR count). The summed E-state index contributed by atoms with van der Waals surface area (Å²) in [5, 5.41) is 8.85. The zero-order chi connectivity index (χ0) is 16.8. The monoisotopic (exact) mass is 327 g/mol. The molecule has 2 heterocycles. The SMILES string of the molecule is N#Cc1ccc(CN2CCC(CC(=O)N3CCOCC3)CC2)cc1. The zero-order valence-corrected chi connectivity index (χ0v) is 14.1. The number of ether oxygens (including phenoxy) is 1. The van der Waals surface area contributed by atoms with E-state index in [0.29, 0.717) is 37.0 Å². The number of likely N-dealkylation sites (tertiary alicyclic amines) is 1. The number of amides is 1. The van der Waals surface area contributed by atoms with Crippen LogP contribution in [0.2, 0.25) is 0 Å². The molecule has 5 nitrogen and oxygen atoms in total. The summed E-state index contributed by atoms with van der Waals surface area (Å²) < 4.78 is 5.31. The summed E-state index contributed by atoms with van der Waals surface area (Å²) in [6, 6.07) is 9.98. The molecule has 2 aliphatic rings. The summed E-state index contributed by atoms with van der Waals surface area (Å²) in [6.45, 7) is 5.86. The van der Waals surface area contributed by atoms with Crippen molar-refractivity contribution >= 4 is 5.91 Å². The molecule has 0 saturated carbocycles. The molecule has 1 amide bonds. The van der Waals surface area contributed by atoms with Gasteiger partial charge in [0, 0.05) is 26.1 Å². The summed E-state index contributed by atoms with van der Waals surface area (Å²) in [5.74, 6) is 0.807. The van der Waals surface area contributed by atoms with Gasteiger partial charge in [-0.15, -0.1) is 0 Å². The molecule has 128 valence electrons. The van der Waals surface area contributed by atoms with Gasteiger partial charge in [-0.3, -0.25) is 9.69 Å². The number of hydrogen-bond acceptors (Lipinski definition) is 4. The number of carbonyl (C=O) groups excluding carboxylic acids is 1. The van der Waals surface area contributed by atoms with Crippen LogP contribution >= 0.6 is 0 Å². The van der Waals surface area contributed by atoms with Crippen molar-refractivity contribution in [3.05, 3.63) is 35.4 Å². The van der Waals surface area contributed by atoms with Crippen molar-refractivity contribution < 1.29 is 9.53 Å². The molecule has 2 saturated heterocycles. The first-order valence-corrected chi connectivity index (χ1v) is 8.81. The highest BCUT2D eigenvalue weighted by atomic mass is 16.5. The number of benzene rings is 1. The second kappa shape index (κ2) is 8.27. The Morgan fingerprint density at radius 2 is 1.79 bits per heavy atom.